The Balaban J connectivity index is 2.21. The largest absolute Gasteiger partial charge is 0.478 e. The van der Waals surface area contributed by atoms with Crippen molar-refractivity contribution in [2.24, 2.45) is 11.8 Å². The summed E-state index contributed by atoms with van der Waals surface area (Å²) < 4.78 is 0. The molecule has 0 heterocycles. The first kappa shape index (κ1) is 7.59. The standard InChI is InChI=1S/C10H12O2/c1-6-2-3-8-7(6)4-5-9(8)10(11)12/h2,5,7-8H,3-4H2,1H3,(H,11,12). The topological polar surface area (TPSA) is 37.3 Å². The molecule has 2 unspecified atom stereocenters. The molecule has 2 nitrogen and oxygen atoms in total. The van der Waals surface area contributed by atoms with Gasteiger partial charge in [0.2, 0.25) is 0 Å². The van der Waals surface area contributed by atoms with Crippen molar-refractivity contribution in [3.8, 4) is 0 Å². The van der Waals surface area contributed by atoms with Gasteiger partial charge in [0.15, 0.2) is 0 Å². The molecule has 0 aromatic carbocycles. The number of hydrogen-bond acceptors (Lipinski definition) is 1. The molecule has 2 heteroatoms. The highest BCUT2D eigenvalue weighted by molar-refractivity contribution is 5.88. The van der Waals surface area contributed by atoms with E-state index < -0.39 is 5.97 Å². The van der Waals surface area contributed by atoms with E-state index >= 15 is 0 Å². The van der Waals surface area contributed by atoms with Crippen LogP contribution in [0.3, 0.4) is 0 Å². The van der Waals surface area contributed by atoms with Gasteiger partial charge in [-0.25, -0.2) is 4.79 Å². The van der Waals surface area contributed by atoms with E-state index in [2.05, 4.69) is 13.0 Å². The SMILES string of the molecule is CC1=CCC2C(C(=O)O)=CCC12. The van der Waals surface area contributed by atoms with Crippen LogP contribution in [0, 0.1) is 11.8 Å². The first-order valence-corrected chi connectivity index (χ1v) is 4.30. The van der Waals surface area contributed by atoms with E-state index in [1.54, 1.807) is 0 Å². The summed E-state index contributed by atoms with van der Waals surface area (Å²) in [4.78, 5) is 10.8. The summed E-state index contributed by atoms with van der Waals surface area (Å²) in [5, 5.41) is 8.86. The predicted molar refractivity (Wildman–Crippen MR) is 45.7 cm³/mol. The van der Waals surface area contributed by atoms with E-state index in [1.807, 2.05) is 6.08 Å². The quantitative estimate of drug-likeness (QED) is 0.602. The maximum atomic E-state index is 10.8. The maximum absolute atomic E-state index is 10.8. The highest BCUT2D eigenvalue weighted by Gasteiger charge is 2.36. The van der Waals surface area contributed by atoms with E-state index in [1.165, 1.54) is 5.57 Å². The van der Waals surface area contributed by atoms with Crippen molar-refractivity contribution in [1.29, 1.82) is 0 Å². The number of rotatable bonds is 1. The third kappa shape index (κ3) is 0.909. The van der Waals surface area contributed by atoms with Crippen LogP contribution in [0.15, 0.2) is 23.3 Å². The lowest BCUT2D eigenvalue weighted by atomic mass is 9.91. The van der Waals surface area contributed by atoms with Crippen LogP contribution in [0.5, 0.6) is 0 Å². The van der Waals surface area contributed by atoms with Crippen molar-refractivity contribution in [3.63, 3.8) is 0 Å². The van der Waals surface area contributed by atoms with Crippen LogP contribution >= 0.6 is 0 Å². The van der Waals surface area contributed by atoms with Crippen molar-refractivity contribution in [2.45, 2.75) is 19.8 Å². The Morgan fingerprint density at radius 3 is 2.75 bits per heavy atom. The van der Waals surface area contributed by atoms with Gasteiger partial charge in [-0.2, -0.15) is 0 Å². The predicted octanol–water partition coefficient (Wildman–Crippen LogP) is 1.98. The van der Waals surface area contributed by atoms with E-state index in [0.717, 1.165) is 12.8 Å². The fraction of sp³-hybridized carbons (Fsp3) is 0.500. The first-order chi connectivity index (χ1) is 5.70. The maximum Gasteiger partial charge on any atom is 0.331 e. The van der Waals surface area contributed by atoms with Gasteiger partial charge in [0.1, 0.15) is 0 Å². The smallest absolute Gasteiger partial charge is 0.331 e. The summed E-state index contributed by atoms with van der Waals surface area (Å²) >= 11 is 0. The molecule has 0 bridgehead atoms. The van der Waals surface area contributed by atoms with Gasteiger partial charge < -0.3 is 5.11 Å². The van der Waals surface area contributed by atoms with Gasteiger partial charge in [-0.1, -0.05) is 17.7 Å². The van der Waals surface area contributed by atoms with Gasteiger partial charge >= 0.3 is 5.97 Å². The summed E-state index contributed by atoms with van der Waals surface area (Å²) in [5.41, 5.74) is 2.00. The zero-order chi connectivity index (χ0) is 8.72. The number of fused-ring (bicyclic) bond motifs is 1. The third-order valence-corrected chi connectivity index (χ3v) is 3.00. The molecule has 0 aromatic heterocycles. The second kappa shape index (κ2) is 2.47. The third-order valence-electron chi connectivity index (χ3n) is 3.00. The second-order valence-electron chi connectivity index (χ2n) is 3.60. The Labute approximate surface area is 71.6 Å². The molecule has 0 fully saturated rings. The molecular formula is C10H12O2. The Morgan fingerprint density at radius 2 is 2.08 bits per heavy atom. The summed E-state index contributed by atoms with van der Waals surface area (Å²) in [6, 6.07) is 0. The zero-order valence-electron chi connectivity index (χ0n) is 7.08. The van der Waals surface area contributed by atoms with E-state index in [4.69, 9.17) is 5.11 Å². The molecule has 0 aromatic rings. The molecule has 12 heavy (non-hydrogen) atoms. The monoisotopic (exact) mass is 164 g/mol. The minimum atomic E-state index is -0.731. The molecule has 2 aliphatic rings. The van der Waals surface area contributed by atoms with Crippen molar-refractivity contribution in [2.75, 3.05) is 0 Å². The molecule has 0 aliphatic heterocycles. The van der Waals surface area contributed by atoms with Crippen LogP contribution in [0.1, 0.15) is 19.8 Å². The second-order valence-corrected chi connectivity index (χ2v) is 3.60. The average Bonchev–Trinajstić information content (AvgIpc) is 2.53. The van der Waals surface area contributed by atoms with Crippen molar-refractivity contribution in [1.82, 2.24) is 0 Å². The van der Waals surface area contributed by atoms with Gasteiger partial charge in [0, 0.05) is 11.5 Å². The van der Waals surface area contributed by atoms with Gasteiger partial charge in [0.25, 0.3) is 0 Å². The van der Waals surface area contributed by atoms with Crippen molar-refractivity contribution in [3.05, 3.63) is 23.3 Å². The molecule has 0 radical (unpaired) electrons. The molecule has 64 valence electrons. The van der Waals surface area contributed by atoms with Gasteiger partial charge in [-0.3, -0.25) is 0 Å². The Hall–Kier alpha value is -1.05. The van der Waals surface area contributed by atoms with Gasteiger partial charge in [-0.05, 0) is 25.7 Å². The average molecular weight is 164 g/mol. The lowest BCUT2D eigenvalue weighted by Crippen LogP contribution is -2.12. The number of hydrogen-bond donors (Lipinski definition) is 1. The van der Waals surface area contributed by atoms with Crippen LogP contribution in [-0.2, 0) is 4.79 Å². The molecular weight excluding hydrogens is 152 g/mol. The van der Waals surface area contributed by atoms with E-state index in [9.17, 15) is 4.79 Å². The number of carbonyl (C=O) groups is 1. The minimum Gasteiger partial charge on any atom is -0.478 e. The van der Waals surface area contributed by atoms with Gasteiger partial charge in [-0.15, -0.1) is 0 Å². The van der Waals surface area contributed by atoms with E-state index in [0.29, 0.717) is 11.5 Å². The summed E-state index contributed by atoms with van der Waals surface area (Å²) in [5.74, 6) is 0.0456. The Bertz CT molecular complexity index is 286. The Kier molecular flexibility index (Phi) is 1.56. The summed E-state index contributed by atoms with van der Waals surface area (Å²) in [6.45, 7) is 2.10. The van der Waals surface area contributed by atoms with Crippen molar-refractivity contribution >= 4 is 5.97 Å². The molecule has 0 amide bonds. The number of allylic oxidation sites excluding steroid dienone is 3. The lowest BCUT2D eigenvalue weighted by Gasteiger charge is -2.12. The van der Waals surface area contributed by atoms with Gasteiger partial charge in [0.05, 0.1) is 0 Å². The molecule has 2 rings (SSSR count). The fourth-order valence-corrected chi connectivity index (χ4v) is 2.29. The summed E-state index contributed by atoms with van der Waals surface area (Å²) in [6.07, 6.45) is 5.91. The number of carboxylic acid groups (broad SMARTS) is 1. The zero-order valence-corrected chi connectivity index (χ0v) is 7.08. The van der Waals surface area contributed by atoms with Crippen molar-refractivity contribution < 1.29 is 9.90 Å². The normalized spacial score (nSPS) is 32.8. The number of carboxylic acids is 1. The minimum absolute atomic E-state index is 0.280. The van der Waals surface area contributed by atoms with Crippen LogP contribution in [0.4, 0.5) is 0 Å². The molecule has 1 N–H and O–H groups in total. The summed E-state index contributed by atoms with van der Waals surface area (Å²) in [7, 11) is 0. The van der Waals surface area contributed by atoms with E-state index in [-0.39, 0.29) is 5.92 Å². The first-order valence-electron chi connectivity index (χ1n) is 4.30. The molecule has 0 saturated carbocycles. The van der Waals surface area contributed by atoms with Crippen LogP contribution in [0.2, 0.25) is 0 Å². The molecule has 2 aliphatic carbocycles. The van der Waals surface area contributed by atoms with Crippen LogP contribution in [0.25, 0.3) is 0 Å². The molecule has 0 spiro atoms. The fourth-order valence-electron chi connectivity index (χ4n) is 2.29. The van der Waals surface area contributed by atoms with Crippen LogP contribution < -0.4 is 0 Å². The van der Waals surface area contributed by atoms with Crippen LogP contribution in [-0.4, -0.2) is 11.1 Å². The number of aliphatic carboxylic acids is 1. The highest BCUT2D eigenvalue weighted by Crippen LogP contribution is 2.43. The molecule has 2 atom stereocenters. The molecule has 0 saturated heterocycles. The highest BCUT2D eigenvalue weighted by atomic mass is 16.4. The Morgan fingerprint density at radius 1 is 1.42 bits per heavy atom. The lowest BCUT2D eigenvalue weighted by molar-refractivity contribution is -0.133.